The molecule has 0 bridgehead atoms. The van der Waals surface area contributed by atoms with Gasteiger partial charge in [-0.1, -0.05) is 0 Å². The third-order valence-electron chi connectivity index (χ3n) is 3.02. The fourth-order valence-electron chi connectivity index (χ4n) is 1.82. The van der Waals surface area contributed by atoms with Gasteiger partial charge >= 0.3 is 5.97 Å². The lowest BCUT2D eigenvalue weighted by Gasteiger charge is -2.30. The molecule has 1 fully saturated rings. The van der Waals surface area contributed by atoms with Crippen molar-refractivity contribution in [1.29, 1.82) is 0 Å². The first-order valence-electron chi connectivity index (χ1n) is 5.62. The molecule has 3 N–H and O–H groups in total. The molecule has 0 aromatic carbocycles. The Morgan fingerprint density at radius 1 is 1.50 bits per heavy atom. The van der Waals surface area contributed by atoms with Crippen molar-refractivity contribution < 1.29 is 19.4 Å². The minimum absolute atomic E-state index is 0.0451. The molecule has 5 nitrogen and oxygen atoms in total. The van der Waals surface area contributed by atoms with Crippen LogP contribution in [-0.2, 0) is 14.3 Å². The third-order valence-corrected chi connectivity index (χ3v) is 3.02. The van der Waals surface area contributed by atoms with Gasteiger partial charge in [0.2, 0.25) is 0 Å². The number of carbonyl (C=O) groups is 1. The summed E-state index contributed by atoms with van der Waals surface area (Å²) in [5.41, 5.74) is 4.28. The van der Waals surface area contributed by atoms with Gasteiger partial charge in [-0.15, -0.1) is 0 Å². The van der Waals surface area contributed by atoms with Crippen LogP contribution in [0.3, 0.4) is 0 Å². The molecule has 0 aliphatic heterocycles. The molecule has 16 heavy (non-hydrogen) atoms. The second kappa shape index (κ2) is 5.61. The first-order chi connectivity index (χ1) is 7.45. The van der Waals surface area contributed by atoms with E-state index in [1.54, 1.807) is 7.11 Å². The molecule has 1 aliphatic carbocycles. The molecule has 5 heteroatoms. The predicted molar refractivity (Wildman–Crippen MR) is 59.2 cm³/mol. The highest BCUT2D eigenvalue weighted by Crippen LogP contribution is 2.23. The maximum atomic E-state index is 10.8. The van der Waals surface area contributed by atoms with Crippen LogP contribution in [0.25, 0.3) is 0 Å². The molecule has 0 saturated heterocycles. The highest BCUT2D eigenvalue weighted by atomic mass is 16.5. The number of rotatable bonds is 5. The lowest BCUT2D eigenvalue weighted by atomic mass is 9.94. The highest BCUT2D eigenvalue weighted by Gasteiger charge is 2.31. The third kappa shape index (κ3) is 3.73. The van der Waals surface area contributed by atoms with Crippen molar-refractivity contribution in [2.24, 2.45) is 5.73 Å². The number of methoxy groups -OCH3 is 1. The quantitative estimate of drug-likeness (QED) is 0.730. The van der Waals surface area contributed by atoms with Crippen LogP contribution in [0.5, 0.6) is 0 Å². The zero-order valence-electron chi connectivity index (χ0n) is 9.94. The van der Waals surface area contributed by atoms with Crippen LogP contribution in [-0.4, -0.2) is 42.5 Å². The van der Waals surface area contributed by atoms with Crippen molar-refractivity contribution in [3.05, 3.63) is 0 Å². The van der Waals surface area contributed by atoms with Crippen molar-refractivity contribution in [1.82, 2.24) is 0 Å². The average Bonchev–Trinajstić information content (AvgIpc) is 2.26. The molecule has 1 rings (SSSR count). The van der Waals surface area contributed by atoms with Crippen molar-refractivity contribution in [3.63, 3.8) is 0 Å². The Bertz CT molecular complexity index is 242. The molecule has 0 spiro atoms. The average molecular weight is 231 g/mol. The van der Waals surface area contributed by atoms with Crippen LogP contribution in [0.4, 0.5) is 0 Å². The van der Waals surface area contributed by atoms with Gasteiger partial charge in [0, 0.05) is 7.11 Å². The fraction of sp³-hybridized carbons (Fsp3) is 0.909. The largest absolute Gasteiger partial charge is 0.480 e. The Balaban J connectivity index is 2.35. The van der Waals surface area contributed by atoms with Gasteiger partial charge in [0.15, 0.2) is 0 Å². The zero-order chi connectivity index (χ0) is 12.2. The SMILES string of the molecule is COC1CCCC(OCC(C)(N)C(=O)O)C1. The van der Waals surface area contributed by atoms with Crippen LogP contribution in [0.15, 0.2) is 0 Å². The van der Waals surface area contributed by atoms with Gasteiger partial charge in [0.05, 0.1) is 18.8 Å². The summed E-state index contributed by atoms with van der Waals surface area (Å²) in [6, 6.07) is 0. The van der Waals surface area contributed by atoms with Crippen LogP contribution < -0.4 is 5.73 Å². The highest BCUT2D eigenvalue weighted by molar-refractivity contribution is 5.77. The summed E-state index contributed by atoms with van der Waals surface area (Å²) in [5, 5.41) is 8.84. The van der Waals surface area contributed by atoms with Crippen LogP contribution in [0.2, 0.25) is 0 Å². The number of hydrogen-bond acceptors (Lipinski definition) is 4. The monoisotopic (exact) mass is 231 g/mol. The Hall–Kier alpha value is -0.650. The number of carboxylic acids is 1. The van der Waals surface area contributed by atoms with E-state index in [-0.39, 0.29) is 18.8 Å². The Labute approximate surface area is 95.9 Å². The lowest BCUT2D eigenvalue weighted by molar-refractivity contribution is -0.146. The van der Waals surface area contributed by atoms with Crippen molar-refractivity contribution in [2.45, 2.75) is 50.4 Å². The van der Waals surface area contributed by atoms with Crippen LogP contribution in [0, 0.1) is 0 Å². The molecule has 0 aromatic rings. The molecule has 94 valence electrons. The zero-order valence-corrected chi connectivity index (χ0v) is 9.94. The van der Waals surface area contributed by atoms with Crippen LogP contribution in [0.1, 0.15) is 32.6 Å². The maximum Gasteiger partial charge on any atom is 0.325 e. The molecule has 1 saturated carbocycles. The number of nitrogens with two attached hydrogens (primary N) is 1. The van der Waals surface area contributed by atoms with Gasteiger partial charge in [-0.2, -0.15) is 0 Å². The summed E-state index contributed by atoms with van der Waals surface area (Å²) < 4.78 is 10.8. The maximum absolute atomic E-state index is 10.8. The normalized spacial score (nSPS) is 29.7. The van der Waals surface area contributed by atoms with Crippen molar-refractivity contribution >= 4 is 5.97 Å². The second-order valence-electron chi connectivity index (χ2n) is 4.68. The smallest absolute Gasteiger partial charge is 0.325 e. The number of carboxylic acid groups (broad SMARTS) is 1. The number of hydrogen-bond donors (Lipinski definition) is 2. The first-order valence-corrected chi connectivity index (χ1v) is 5.62. The molecule has 3 unspecified atom stereocenters. The number of aliphatic carboxylic acids is 1. The predicted octanol–water partition coefficient (Wildman–Crippen LogP) is 0.763. The van der Waals surface area contributed by atoms with Crippen molar-refractivity contribution in [3.8, 4) is 0 Å². The summed E-state index contributed by atoms with van der Waals surface area (Å²) in [7, 11) is 1.69. The van der Waals surface area contributed by atoms with E-state index in [9.17, 15) is 4.79 Å². The van der Waals surface area contributed by atoms with Crippen LogP contribution >= 0.6 is 0 Å². The minimum atomic E-state index is -1.31. The molecule has 0 radical (unpaired) electrons. The summed E-state index contributed by atoms with van der Waals surface area (Å²) in [4.78, 5) is 10.8. The van der Waals surface area contributed by atoms with E-state index >= 15 is 0 Å². The van der Waals surface area contributed by atoms with E-state index in [4.69, 9.17) is 20.3 Å². The topological polar surface area (TPSA) is 81.8 Å². The molecule has 3 atom stereocenters. The standard InChI is InChI=1S/C11H21NO4/c1-11(12,10(13)14)7-16-9-5-3-4-8(6-9)15-2/h8-9H,3-7,12H2,1-2H3,(H,13,14). The summed E-state index contributed by atoms with van der Waals surface area (Å²) in [6.45, 7) is 1.51. The molecule has 0 aromatic heterocycles. The summed E-state index contributed by atoms with van der Waals surface area (Å²) >= 11 is 0. The first kappa shape index (κ1) is 13.4. The second-order valence-corrected chi connectivity index (χ2v) is 4.68. The van der Waals surface area contributed by atoms with E-state index in [2.05, 4.69) is 0 Å². The van der Waals surface area contributed by atoms with E-state index in [0.717, 1.165) is 25.7 Å². The molecule has 1 aliphatic rings. The fourth-order valence-corrected chi connectivity index (χ4v) is 1.82. The van der Waals surface area contributed by atoms with E-state index < -0.39 is 11.5 Å². The Morgan fingerprint density at radius 2 is 2.12 bits per heavy atom. The molecule has 0 heterocycles. The summed E-state index contributed by atoms with van der Waals surface area (Å²) in [6.07, 6.45) is 4.18. The minimum Gasteiger partial charge on any atom is -0.480 e. The van der Waals surface area contributed by atoms with Gasteiger partial charge in [-0.3, -0.25) is 4.79 Å². The molecular weight excluding hydrogens is 210 g/mol. The van der Waals surface area contributed by atoms with Crippen molar-refractivity contribution in [2.75, 3.05) is 13.7 Å². The van der Waals surface area contributed by atoms with Gasteiger partial charge in [0.25, 0.3) is 0 Å². The summed E-state index contributed by atoms with van der Waals surface area (Å²) in [5.74, 6) is -1.04. The van der Waals surface area contributed by atoms with E-state index in [1.165, 1.54) is 6.92 Å². The van der Waals surface area contributed by atoms with Gasteiger partial charge in [-0.05, 0) is 32.6 Å². The lowest BCUT2D eigenvalue weighted by Crippen LogP contribution is -2.50. The number of ether oxygens (including phenoxy) is 2. The molecular formula is C11H21NO4. The van der Waals surface area contributed by atoms with E-state index in [1.807, 2.05) is 0 Å². The Morgan fingerprint density at radius 3 is 2.69 bits per heavy atom. The Kier molecular flexibility index (Phi) is 4.70. The molecule has 0 amide bonds. The van der Waals surface area contributed by atoms with Gasteiger partial charge in [0.1, 0.15) is 5.54 Å². The van der Waals surface area contributed by atoms with Gasteiger partial charge in [-0.25, -0.2) is 0 Å². The van der Waals surface area contributed by atoms with Gasteiger partial charge < -0.3 is 20.3 Å². The van der Waals surface area contributed by atoms with E-state index in [0.29, 0.717) is 0 Å².